The van der Waals surface area contributed by atoms with Crippen molar-refractivity contribution in [1.29, 1.82) is 5.26 Å². The summed E-state index contributed by atoms with van der Waals surface area (Å²) >= 11 is 6.26. The van der Waals surface area contributed by atoms with E-state index >= 15 is 0 Å². The van der Waals surface area contributed by atoms with Gasteiger partial charge in [-0.05, 0) is 48.4 Å². The van der Waals surface area contributed by atoms with E-state index in [1.165, 1.54) is 13.2 Å². The zero-order valence-electron chi connectivity index (χ0n) is 15.0. The summed E-state index contributed by atoms with van der Waals surface area (Å²) in [5.41, 5.74) is 6.55. The molecular weight excluding hydrogens is 368 g/mol. The topological polar surface area (TPSA) is 94.6 Å². The molecule has 6 nitrogen and oxygen atoms in total. The van der Waals surface area contributed by atoms with Crippen LogP contribution in [0.5, 0.6) is 17.2 Å². The summed E-state index contributed by atoms with van der Waals surface area (Å²) in [5.74, 6) is 0.654. The van der Waals surface area contributed by atoms with Crippen LogP contribution in [0.15, 0.2) is 42.0 Å². The average Bonchev–Trinajstić information content (AvgIpc) is 2.63. The van der Waals surface area contributed by atoms with E-state index in [0.717, 1.165) is 11.3 Å². The molecule has 2 rings (SSSR count). The predicted molar refractivity (Wildman–Crippen MR) is 103 cm³/mol. The SMILES string of the molecule is COc1cc(C=C(C#N)C(N)=O)cc(Cl)c1OCCOc1cccc(C)c1. The quantitative estimate of drug-likeness (QED) is 0.425. The molecule has 27 heavy (non-hydrogen) atoms. The standard InChI is InChI=1S/C20H19ClN2O4/c1-13-4-3-5-16(8-13)26-6-7-27-19-17(21)10-14(11-18(19)25-2)9-15(12-22)20(23)24/h3-5,8-11H,6-7H2,1-2H3,(H2,23,24). The smallest absolute Gasteiger partial charge is 0.259 e. The first-order chi connectivity index (χ1) is 12.9. The number of halogens is 1. The maximum absolute atomic E-state index is 11.2. The van der Waals surface area contributed by atoms with Gasteiger partial charge < -0.3 is 19.9 Å². The highest BCUT2D eigenvalue weighted by molar-refractivity contribution is 6.32. The van der Waals surface area contributed by atoms with Crippen LogP contribution in [-0.2, 0) is 4.79 Å². The molecule has 0 saturated carbocycles. The van der Waals surface area contributed by atoms with Crippen molar-refractivity contribution in [3.8, 4) is 23.3 Å². The molecule has 0 aliphatic heterocycles. The average molecular weight is 387 g/mol. The Morgan fingerprint density at radius 2 is 2.00 bits per heavy atom. The van der Waals surface area contributed by atoms with E-state index in [2.05, 4.69) is 0 Å². The first kappa shape index (κ1) is 20.1. The number of benzene rings is 2. The molecule has 0 aromatic heterocycles. The minimum absolute atomic E-state index is 0.187. The summed E-state index contributed by atoms with van der Waals surface area (Å²) in [6.45, 7) is 2.56. The number of rotatable bonds is 8. The molecule has 1 amide bonds. The molecular formula is C20H19ClN2O4. The molecule has 0 bridgehead atoms. The normalized spacial score (nSPS) is 10.8. The Labute approximate surface area is 162 Å². The van der Waals surface area contributed by atoms with Gasteiger partial charge in [0.2, 0.25) is 0 Å². The molecule has 7 heteroatoms. The van der Waals surface area contributed by atoms with Gasteiger partial charge in [0, 0.05) is 0 Å². The number of primary amides is 1. The lowest BCUT2D eigenvalue weighted by atomic mass is 10.1. The third-order valence-corrected chi connectivity index (χ3v) is 3.82. The lowest BCUT2D eigenvalue weighted by Gasteiger charge is -2.14. The van der Waals surface area contributed by atoms with Gasteiger partial charge in [-0.1, -0.05) is 23.7 Å². The predicted octanol–water partition coefficient (Wildman–Crippen LogP) is 3.51. The number of ether oxygens (including phenoxy) is 3. The first-order valence-corrected chi connectivity index (χ1v) is 8.43. The van der Waals surface area contributed by atoms with Gasteiger partial charge in [-0.25, -0.2) is 0 Å². The van der Waals surface area contributed by atoms with Crippen LogP contribution in [0.4, 0.5) is 0 Å². The summed E-state index contributed by atoms with van der Waals surface area (Å²) in [6, 6.07) is 12.6. The number of amides is 1. The fraction of sp³-hybridized carbons (Fsp3) is 0.200. The van der Waals surface area contributed by atoms with Crippen molar-refractivity contribution in [3.63, 3.8) is 0 Å². The summed E-state index contributed by atoms with van der Waals surface area (Å²) in [4.78, 5) is 11.2. The van der Waals surface area contributed by atoms with E-state index in [1.54, 1.807) is 18.2 Å². The number of aryl methyl sites for hydroxylation is 1. The van der Waals surface area contributed by atoms with Crippen LogP contribution >= 0.6 is 11.6 Å². The van der Waals surface area contributed by atoms with Crippen molar-refractivity contribution in [2.75, 3.05) is 20.3 Å². The summed E-state index contributed by atoms with van der Waals surface area (Å²) in [5, 5.41) is 9.22. The second-order valence-corrected chi connectivity index (χ2v) is 5.99. The van der Waals surface area contributed by atoms with Crippen LogP contribution in [-0.4, -0.2) is 26.2 Å². The zero-order chi connectivity index (χ0) is 19.8. The Balaban J connectivity index is 2.08. The van der Waals surface area contributed by atoms with Gasteiger partial charge in [-0.3, -0.25) is 4.79 Å². The molecule has 0 unspecified atom stereocenters. The van der Waals surface area contributed by atoms with E-state index in [-0.39, 0.29) is 17.2 Å². The number of nitriles is 1. The molecule has 0 atom stereocenters. The fourth-order valence-corrected chi connectivity index (χ4v) is 2.57. The van der Waals surface area contributed by atoms with Crippen molar-refractivity contribution < 1.29 is 19.0 Å². The molecule has 0 fully saturated rings. The molecule has 0 spiro atoms. The van der Waals surface area contributed by atoms with E-state index in [9.17, 15) is 4.79 Å². The Hall–Kier alpha value is -3.17. The molecule has 0 aliphatic carbocycles. The lowest BCUT2D eigenvalue weighted by Crippen LogP contribution is -2.12. The van der Waals surface area contributed by atoms with E-state index in [1.807, 2.05) is 31.2 Å². The van der Waals surface area contributed by atoms with Crippen molar-refractivity contribution in [2.45, 2.75) is 6.92 Å². The Morgan fingerprint density at radius 3 is 2.63 bits per heavy atom. The monoisotopic (exact) mass is 386 g/mol. The Kier molecular flexibility index (Phi) is 7.09. The molecule has 0 radical (unpaired) electrons. The fourth-order valence-electron chi connectivity index (χ4n) is 2.30. The number of methoxy groups -OCH3 is 1. The van der Waals surface area contributed by atoms with Gasteiger partial charge in [0.25, 0.3) is 5.91 Å². The molecule has 2 aromatic carbocycles. The number of carbonyl (C=O) groups is 1. The number of hydrogen-bond donors (Lipinski definition) is 1. The minimum atomic E-state index is -0.818. The Morgan fingerprint density at radius 1 is 1.26 bits per heavy atom. The van der Waals surface area contributed by atoms with Crippen molar-refractivity contribution in [1.82, 2.24) is 0 Å². The molecule has 0 heterocycles. The minimum Gasteiger partial charge on any atom is -0.493 e. The lowest BCUT2D eigenvalue weighted by molar-refractivity contribution is -0.114. The second kappa shape index (κ2) is 9.51. The van der Waals surface area contributed by atoms with Crippen LogP contribution in [0.1, 0.15) is 11.1 Å². The highest BCUT2D eigenvalue weighted by atomic mass is 35.5. The van der Waals surface area contributed by atoms with Gasteiger partial charge in [-0.15, -0.1) is 0 Å². The van der Waals surface area contributed by atoms with Gasteiger partial charge in [0.15, 0.2) is 11.5 Å². The largest absolute Gasteiger partial charge is 0.493 e. The molecule has 0 aliphatic rings. The number of hydrogen-bond acceptors (Lipinski definition) is 5. The van der Waals surface area contributed by atoms with Crippen molar-refractivity contribution in [2.24, 2.45) is 5.73 Å². The van der Waals surface area contributed by atoms with Crippen molar-refractivity contribution >= 4 is 23.6 Å². The highest BCUT2D eigenvalue weighted by Gasteiger charge is 2.13. The second-order valence-electron chi connectivity index (χ2n) is 5.58. The number of carbonyl (C=O) groups excluding carboxylic acids is 1. The summed E-state index contributed by atoms with van der Waals surface area (Å²) in [6.07, 6.45) is 1.33. The van der Waals surface area contributed by atoms with Gasteiger partial charge >= 0.3 is 0 Å². The maximum atomic E-state index is 11.2. The molecule has 2 N–H and O–H groups in total. The zero-order valence-corrected chi connectivity index (χ0v) is 15.7. The van der Waals surface area contributed by atoms with Crippen LogP contribution in [0, 0.1) is 18.3 Å². The Bertz CT molecular complexity index is 903. The summed E-state index contributed by atoms with van der Waals surface area (Å²) in [7, 11) is 1.47. The molecule has 2 aromatic rings. The first-order valence-electron chi connectivity index (χ1n) is 8.06. The van der Waals surface area contributed by atoms with E-state index in [0.29, 0.717) is 23.7 Å². The number of nitrogens with zero attached hydrogens (tertiary/aromatic N) is 1. The number of nitrogens with two attached hydrogens (primary N) is 1. The van der Waals surface area contributed by atoms with Crippen LogP contribution in [0.3, 0.4) is 0 Å². The van der Waals surface area contributed by atoms with Crippen LogP contribution in [0.25, 0.3) is 6.08 Å². The van der Waals surface area contributed by atoms with Gasteiger partial charge in [-0.2, -0.15) is 5.26 Å². The highest BCUT2D eigenvalue weighted by Crippen LogP contribution is 2.37. The van der Waals surface area contributed by atoms with Gasteiger partial charge in [0.05, 0.1) is 12.1 Å². The van der Waals surface area contributed by atoms with Crippen LogP contribution in [0.2, 0.25) is 5.02 Å². The van der Waals surface area contributed by atoms with Crippen molar-refractivity contribution in [3.05, 3.63) is 58.1 Å². The third-order valence-electron chi connectivity index (χ3n) is 3.54. The van der Waals surface area contributed by atoms with E-state index in [4.69, 9.17) is 36.8 Å². The maximum Gasteiger partial charge on any atom is 0.259 e. The van der Waals surface area contributed by atoms with Gasteiger partial charge in [0.1, 0.15) is 30.6 Å². The summed E-state index contributed by atoms with van der Waals surface area (Å²) < 4.78 is 16.6. The van der Waals surface area contributed by atoms with E-state index < -0.39 is 5.91 Å². The molecule has 140 valence electrons. The van der Waals surface area contributed by atoms with Crippen LogP contribution < -0.4 is 19.9 Å². The molecule has 0 saturated heterocycles. The third kappa shape index (κ3) is 5.66.